The molecule has 1 aromatic carbocycles. The Kier molecular flexibility index (Phi) is 4.66. The van der Waals surface area contributed by atoms with Crippen LogP contribution in [0.1, 0.15) is 18.4 Å². The number of nitrogens with one attached hydrogen (secondary N) is 1. The van der Waals surface area contributed by atoms with Crippen molar-refractivity contribution >= 4 is 17.5 Å². The highest BCUT2D eigenvalue weighted by Crippen LogP contribution is 2.11. The Labute approximate surface area is 132 Å². The summed E-state index contributed by atoms with van der Waals surface area (Å²) in [6, 6.07) is 8.42. The van der Waals surface area contributed by atoms with Gasteiger partial charge in [-0.1, -0.05) is 12.1 Å². The van der Waals surface area contributed by atoms with Crippen molar-refractivity contribution in [1.29, 1.82) is 0 Å². The van der Waals surface area contributed by atoms with E-state index in [1.165, 1.54) is 17.8 Å². The van der Waals surface area contributed by atoms with Crippen LogP contribution in [0.25, 0.3) is 0 Å². The number of amidine groups is 1. The van der Waals surface area contributed by atoms with Crippen LogP contribution in [0.5, 0.6) is 0 Å². The highest BCUT2D eigenvalue weighted by Gasteiger charge is 2.25. The number of morpholine rings is 1. The lowest BCUT2D eigenvalue weighted by atomic mass is 10.2. The molecule has 118 valence electrons. The summed E-state index contributed by atoms with van der Waals surface area (Å²) in [5.74, 6) is 2.11. The van der Waals surface area contributed by atoms with Gasteiger partial charge >= 0.3 is 5.96 Å². The topological polar surface area (TPSA) is 41.8 Å². The number of likely N-dealkylation sites (tertiary alicyclic amines) is 1. The number of aryl methyl sites for hydroxylation is 1. The minimum absolute atomic E-state index is 0.764. The van der Waals surface area contributed by atoms with Gasteiger partial charge in [-0.25, -0.2) is 4.67 Å². The van der Waals surface area contributed by atoms with Gasteiger partial charge in [0, 0.05) is 13.5 Å². The van der Waals surface area contributed by atoms with Crippen LogP contribution in [-0.4, -0.2) is 61.5 Å². The van der Waals surface area contributed by atoms with Crippen molar-refractivity contribution in [3.05, 3.63) is 29.8 Å². The molecule has 5 heteroatoms. The second-order valence-electron chi connectivity index (χ2n) is 5.97. The molecular formula is C17H25N4O+. The zero-order valence-electron chi connectivity index (χ0n) is 13.5. The fraction of sp³-hybridized carbons (Fsp3) is 0.529. The zero-order chi connectivity index (χ0) is 15.4. The number of hydrogen-bond acceptors (Lipinski definition) is 1. The number of anilines is 1. The number of hydrogen-bond donors (Lipinski definition) is 1. The van der Waals surface area contributed by atoms with E-state index in [-0.39, 0.29) is 0 Å². The maximum atomic E-state index is 5.47. The normalized spacial score (nSPS) is 18.4. The first-order valence-corrected chi connectivity index (χ1v) is 8.04. The standard InChI is InChI=1S/C17H24N4O/c1-14-5-3-6-15(13-14)18-17(21-9-11-22-12-10-21)19-16-7-4-8-20(16)2/h3,5-6,13H,4,7-12H2,1-2H3/p+1. The van der Waals surface area contributed by atoms with Crippen LogP contribution >= 0.6 is 0 Å². The number of ether oxygens (including phenoxy) is 1. The minimum Gasteiger partial charge on any atom is -0.376 e. The molecule has 0 unspecified atom stereocenters. The largest absolute Gasteiger partial charge is 0.402 e. The summed E-state index contributed by atoms with van der Waals surface area (Å²) >= 11 is 0. The van der Waals surface area contributed by atoms with E-state index in [1.54, 1.807) is 0 Å². The SMILES string of the molecule is Cc1cccc(NC(=[N+]=C2CCCN2C)N2CCOCC2)c1. The van der Waals surface area contributed by atoms with Crippen molar-refractivity contribution < 1.29 is 4.74 Å². The van der Waals surface area contributed by atoms with E-state index in [9.17, 15) is 0 Å². The highest BCUT2D eigenvalue weighted by atomic mass is 16.5. The molecule has 1 N–H and O–H groups in total. The Hall–Kier alpha value is -1.97. The van der Waals surface area contributed by atoms with E-state index in [1.807, 2.05) is 0 Å². The van der Waals surface area contributed by atoms with Gasteiger partial charge in [-0.15, -0.1) is 0 Å². The number of guanidine groups is 1. The molecule has 2 fully saturated rings. The Balaban J connectivity index is 1.90. The molecule has 2 heterocycles. The summed E-state index contributed by atoms with van der Waals surface area (Å²) in [5, 5.41) is 3.51. The molecule has 0 spiro atoms. The van der Waals surface area contributed by atoms with E-state index in [2.05, 4.69) is 53.4 Å². The van der Waals surface area contributed by atoms with Crippen LogP contribution in [0.15, 0.2) is 24.3 Å². The summed E-state index contributed by atoms with van der Waals surface area (Å²) in [7, 11) is 2.12. The summed E-state index contributed by atoms with van der Waals surface area (Å²) in [5.41, 5.74) is 2.34. The molecule has 0 radical (unpaired) electrons. The second kappa shape index (κ2) is 6.86. The first-order valence-electron chi connectivity index (χ1n) is 8.04. The molecule has 0 aliphatic carbocycles. The van der Waals surface area contributed by atoms with Crippen molar-refractivity contribution in [1.82, 2.24) is 14.5 Å². The molecule has 2 aliphatic heterocycles. The predicted octanol–water partition coefficient (Wildman–Crippen LogP) is 1.29. The van der Waals surface area contributed by atoms with E-state index in [4.69, 9.17) is 9.40 Å². The van der Waals surface area contributed by atoms with E-state index in [0.717, 1.165) is 50.9 Å². The average Bonchev–Trinajstić information content (AvgIpc) is 2.93. The fourth-order valence-electron chi connectivity index (χ4n) is 2.86. The molecule has 0 aromatic heterocycles. The van der Waals surface area contributed by atoms with Gasteiger partial charge < -0.3 is 9.64 Å². The molecule has 2 aliphatic rings. The van der Waals surface area contributed by atoms with Crippen molar-refractivity contribution in [2.75, 3.05) is 45.2 Å². The lowest BCUT2D eigenvalue weighted by molar-refractivity contribution is 0.0679. The number of rotatable bonds is 1. The van der Waals surface area contributed by atoms with Gasteiger partial charge in [0.2, 0.25) is 0 Å². The molecule has 0 saturated carbocycles. The van der Waals surface area contributed by atoms with E-state index in [0.29, 0.717) is 0 Å². The number of nitrogens with zero attached hydrogens (tertiary/aromatic N) is 3. The van der Waals surface area contributed by atoms with Crippen molar-refractivity contribution in [3.63, 3.8) is 0 Å². The summed E-state index contributed by atoms with van der Waals surface area (Å²) in [4.78, 5) is 4.53. The molecule has 2 saturated heterocycles. The molecular weight excluding hydrogens is 276 g/mol. The van der Waals surface area contributed by atoms with Gasteiger partial charge in [-0.3, -0.25) is 10.2 Å². The van der Waals surface area contributed by atoms with Gasteiger partial charge in [0.05, 0.1) is 38.5 Å². The zero-order valence-corrected chi connectivity index (χ0v) is 13.5. The molecule has 22 heavy (non-hydrogen) atoms. The van der Waals surface area contributed by atoms with E-state index < -0.39 is 0 Å². The second-order valence-corrected chi connectivity index (χ2v) is 5.97. The molecule has 0 amide bonds. The Bertz CT molecular complexity index is 586. The molecule has 1 aromatic rings. The predicted molar refractivity (Wildman–Crippen MR) is 91.2 cm³/mol. The first kappa shape index (κ1) is 14.9. The van der Waals surface area contributed by atoms with Crippen LogP contribution in [-0.2, 0) is 4.74 Å². The Morgan fingerprint density at radius 3 is 2.73 bits per heavy atom. The maximum Gasteiger partial charge on any atom is 0.402 e. The van der Waals surface area contributed by atoms with Crippen LogP contribution in [0.2, 0.25) is 0 Å². The summed E-state index contributed by atoms with van der Waals surface area (Å²) in [6.45, 7) is 6.50. The van der Waals surface area contributed by atoms with Crippen molar-refractivity contribution in [2.45, 2.75) is 19.8 Å². The van der Waals surface area contributed by atoms with Crippen LogP contribution in [0, 0.1) is 6.92 Å². The minimum atomic E-state index is 0.764. The highest BCUT2D eigenvalue weighted by molar-refractivity contribution is 5.97. The summed E-state index contributed by atoms with van der Waals surface area (Å²) in [6.07, 6.45) is 2.25. The third kappa shape index (κ3) is 3.62. The van der Waals surface area contributed by atoms with Gasteiger partial charge in [0.25, 0.3) is 5.84 Å². The Morgan fingerprint density at radius 1 is 1.23 bits per heavy atom. The van der Waals surface area contributed by atoms with E-state index >= 15 is 0 Å². The first-order chi connectivity index (χ1) is 10.7. The van der Waals surface area contributed by atoms with Gasteiger partial charge in [-0.05, 0) is 31.0 Å². The average molecular weight is 301 g/mol. The Morgan fingerprint density at radius 2 is 2.05 bits per heavy atom. The van der Waals surface area contributed by atoms with Crippen LogP contribution in [0.3, 0.4) is 0 Å². The fourth-order valence-corrected chi connectivity index (χ4v) is 2.86. The van der Waals surface area contributed by atoms with Crippen molar-refractivity contribution in [2.24, 2.45) is 0 Å². The lowest BCUT2D eigenvalue weighted by Gasteiger charge is -2.23. The quantitative estimate of drug-likeness (QED) is 0.482. The molecule has 5 nitrogen and oxygen atoms in total. The lowest BCUT2D eigenvalue weighted by Crippen LogP contribution is -2.46. The third-order valence-electron chi connectivity index (χ3n) is 4.15. The molecule has 0 bridgehead atoms. The maximum absolute atomic E-state index is 5.47. The van der Waals surface area contributed by atoms with Gasteiger partial charge in [0.15, 0.2) is 0 Å². The monoisotopic (exact) mass is 301 g/mol. The van der Waals surface area contributed by atoms with Gasteiger partial charge in [0.1, 0.15) is 0 Å². The van der Waals surface area contributed by atoms with Gasteiger partial charge in [-0.2, -0.15) is 0 Å². The number of benzene rings is 1. The third-order valence-corrected chi connectivity index (χ3v) is 4.15. The van der Waals surface area contributed by atoms with Crippen molar-refractivity contribution in [3.8, 4) is 0 Å². The summed E-state index contributed by atoms with van der Waals surface area (Å²) < 4.78 is 10.4. The molecule has 3 rings (SSSR count). The van der Waals surface area contributed by atoms with Crippen LogP contribution < -0.4 is 9.98 Å². The van der Waals surface area contributed by atoms with Crippen LogP contribution in [0.4, 0.5) is 5.69 Å². The molecule has 0 atom stereocenters. The smallest absolute Gasteiger partial charge is 0.376 e.